The molecule has 0 aliphatic carbocycles. The quantitative estimate of drug-likeness (QED) is 0.795. The van der Waals surface area contributed by atoms with Crippen LogP contribution in [0.2, 0.25) is 0 Å². The lowest BCUT2D eigenvalue weighted by Crippen LogP contribution is -2.35. The molecule has 0 aromatic carbocycles. The molecule has 0 radical (unpaired) electrons. The van der Waals surface area contributed by atoms with E-state index in [1.807, 2.05) is 0 Å². The molecule has 11 nitrogen and oxygen atoms in total. The molecule has 2 atom stereocenters. The van der Waals surface area contributed by atoms with E-state index >= 15 is 0 Å². The van der Waals surface area contributed by atoms with E-state index in [9.17, 15) is 13.2 Å². The predicted octanol–water partition coefficient (Wildman–Crippen LogP) is 1.01. The van der Waals surface area contributed by atoms with Crippen molar-refractivity contribution in [3.05, 3.63) is 24.3 Å². The van der Waals surface area contributed by atoms with E-state index in [-0.39, 0.29) is 18.3 Å². The minimum Gasteiger partial charge on any atom is -0.459 e. The fourth-order valence-corrected chi connectivity index (χ4v) is 3.35. The summed E-state index contributed by atoms with van der Waals surface area (Å²) in [6.45, 7) is 0.234. The van der Waals surface area contributed by atoms with Gasteiger partial charge in [0.15, 0.2) is 5.76 Å². The van der Waals surface area contributed by atoms with Crippen LogP contribution in [0.5, 0.6) is 0 Å². The third kappa shape index (κ3) is 2.53. The molecule has 2 aliphatic rings. The molecular formula is C12H12N4O7S. The molecule has 12 heteroatoms. The molecule has 2 amide bonds. The third-order valence-corrected chi connectivity index (χ3v) is 4.30. The van der Waals surface area contributed by atoms with Crippen LogP contribution in [0.4, 0.5) is 4.79 Å². The Balaban J connectivity index is 1.58. The van der Waals surface area contributed by atoms with E-state index in [1.54, 1.807) is 12.1 Å². The fourth-order valence-electron chi connectivity index (χ4n) is 2.96. The Morgan fingerprint density at radius 2 is 2.17 bits per heavy atom. The van der Waals surface area contributed by atoms with Crippen molar-refractivity contribution < 1.29 is 30.9 Å². The Hall–Kier alpha value is -2.44. The van der Waals surface area contributed by atoms with Gasteiger partial charge in [0.05, 0.1) is 12.3 Å². The van der Waals surface area contributed by atoms with Gasteiger partial charge in [-0.25, -0.2) is 4.79 Å². The molecule has 0 unspecified atom stereocenters. The monoisotopic (exact) mass is 356 g/mol. The second kappa shape index (κ2) is 5.29. The van der Waals surface area contributed by atoms with Gasteiger partial charge in [0.1, 0.15) is 6.04 Å². The maximum Gasteiger partial charge on any atom is 0.418 e. The summed E-state index contributed by atoms with van der Waals surface area (Å²) in [5.74, 6) is 0.822. The number of rotatable bonds is 4. The number of carbonyl (C=O) groups is 1. The first-order chi connectivity index (χ1) is 11.4. The van der Waals surface area contributed by atoms with Gasteiger partial charge < -0.3 is 13.7 Å². The summed E-state index contributed by atoms with van der Waals surface area (Å²) >= 11 is 0. The maximum absolute atomic E-state index is 12.3. The van der Waals surface area contributed by atoms with Crippen LogP contribution in [0.1, 0.15) is 24.8 Å². The molecule has 2 aromatic rings. The summed E-state index contributed by atoms with van der Waals surface area (Å²) in [6.07, 6.45) is 2.42. The highest BCUT2D eigenvalue weighted by atomic mass is 32.3. The van der Waals surface area contributed by atoms with Crippen LogP contribution < -0.4 is 0 Å². The van der Waals surface area contributed by atoms with Crippen molar-refractivity contribution in [3.63, 3.8) is 0 Å². The average molecular weight is 356 g/mol. The van der Waals surface area contributed by atoms with Gasteiger partial charge in [-0.15, -0.1) is 14.5 Å². The Morgan fingerprint density at radius 3 is 2.88 bits per heavy atom. The Kier molecular flexibility index (Phi) is 3.33. The average Bonchev–Trinajstić information content (AvgIpc) is 3.24. The van der Waals surface area contributed by atoms with Crippen molar-refractivity contribution in [2.75, 3.05) is 6.54 Å². The molecule has 2 saturated heterocycles. The molecule has 0 spiro atoms. The molecule has 2 bridgehead atoms. The molecule has 2 fully saturated rings. The minimum absolute atomic E-state index is 0.190. The standard InChI is InChI=1S/C12H12N4O7S/c17-12-15-6-7(16(12)23-24(18,19)20)3-4-8(15)10-13-14-11(22-10)9-2-1-5-21-9/h1-2,5,7-8H,3-4,6H2,(H,18,19,20)/t7-,8+/m1/s1. The zero-order valence-corrected chi connectivity index (χ0v) is 12.9. The number of urea groups is 1. The smallest absolute Gasteiger partial charge is 0.418 e. The van der Waals surface area contributed by atoms with Gasteiger partial charge in [-0.3, -0.25) is 4.55 Å². The zero-order valence-electron chi connectivity index (χ0n) is 12.1. The number of piperidine rings is 1. The Morgan fingerprint density at radius 1 is 1.33 bits per heavy atom. The summed E-state index contributed by atoms with van der Waals surface area (Å²) in [5.41, 5.74) is 0. The third-order valence-electron chi connectivity index (χ3n) is 3.96. The molecule has 128 valence electrons. The van der Waals surface area contributed by atoms with Crippen molar-refractivity contribution in [2.45, 2.75) is 24.9 Å². The van der Waals surface area contributed by atoms with Gasteiger partial charge in [-0.05, 0) is 25.0 Å². The van der Waals surface area contributed by atoms with Crippen molar-refractivity contribution in [1.29, 1.82) is 0 Å². The summed E-state index contributed by atoms with van der Waals surface area (Å²) in [4.78, 5) is 13.7. The first kappa shape index (κ1) is 15.1. The molecule has 2 aromatic heterocycles. The number of amides is 2. The lowest BCUT2D eigenvalue weighted by molar-refractivity contribution is -0.0317. The fraction of sp³-hybridized carbons (Fsp3) is 0.417. The van der Waals surface area contributed by atoms with Crippen LogP contribution in [-0.2, 0) is 14.7 Å². The van der Waals surface area contributed by atoms with Crippen molar-refractivity contribution in [2.24, 2.45) is 0 Å². The highest BCUT2D eigenvalue weighted by molar-refractivity contribution is 7.80. The predicted molar refractivity (Wildman–Crippen MR) is 74.3 cm³/mol. The molecule has 4 rings (SSSR count). The molecule has 1 N–H and O–H groups in total. The first-order valence-electron chi connectivity index (χ1n) is 7.06. The molecular weight excluding hydrogens is 344 g/mol. The van der Waals surface area contributed by atoms with Crippen LogP contribution in [-0.4, -0.2) is 51.7 Å². The number of nitrogens with zero attached hydrogens (tertiary/aromatic N) is 4. The van der Waals surface area contributed by atoms with E-state index in [2.05, 4.69) is 14.5 Å². The van der Waals surface area contributed by atoms with E-state index in [0.29, 0.717) is 23.7 Å². The highest BCUT2D eigenvalue weighted by Crippen LogP contribution is 2.38. The highest BCUT2D eigenvalue weighted by Gasteiger charge is 2.49. The second-order valence-corrected chi connectivity index (χ2v) is 6.44. The van der Waals surface area contributed by atoms with E-state index in [0.717, 1.165) is 0 Å². The van der Waals surface area contributed by atoms with Gasteiger partial charge in [-0.2, -0.15) is 13.5 Å². The molecule has 2 aliphatic heterocycles. The number of aromatic nitrogens is 2. The van der Waals surface area contributed by atoms with Crippen molar-refractivity contribution >= 4 is 16.4 Å². The molecule has 0 saturated carbocycles. The number of furan rings is 1. The summed E-state index contributed by atoms with van der Waals surface area (Å²) in [6, 6.07) is 1.69. The van der Waals surface area contributed by atoms with E-state index < -0.39 is 28.5 Å². The minimum atomic E-state index is -4.77. The zero-order chi connectivity index (χ0) is 16.9. The van der Waals surface area contributed by atoms with Crippen molar-refractivity contribution in [3.8, 4) is 11.7 Å². The maximum atomic E-state index is 12.3. The van der Waals surface area contributed by atoms with Crippen molar-refractivity contribution in [1.82, 2.24) is 20.2 Å². The van der Waals surface area contributed by atoms with Gasteiger partial charge in [-0.1, -0.05) is 0 Å². The Bertz CT molecular complexity index is 862. The van der Waals surface area contributed by atoms with Crippen LogP contribution in [0.25, 0.3) is 11.7 Å². The summed E-state index contributed by atoms with van der Waals surface area (Å²) < 4.78 is 45.7. The summed E-state index contributed by atoms with van der Waals surface area (Å²) in [5, 5.41) is 8.51. The largest absolute Gasteiger partial charge is 0.459 e. The number of hydrogen-bond donors (Lipinski definition) is 1. The van der Waals surface area contributed by atoms with Gasteiger partial charge in [0.2, 0.25) is 5.89 Å². The Labute approximate surface area is 135 Å². The van der Waals surface area contributed by atoms with Crippen LogP contribution in [0, 0.1) is 0 Å². The summed E-state index contributed by atoms with van der Waals surface area (Å²) in [7, 11) is -4.77. The van der Waals surface area contributed by atoms with Gasteiger partial charge in [0, 0.05) is 6.54 Å². The molecule has 4 heterocycles. The number of hydrogen-bond acceptors (Lipinski definition) is 8. The van der Waals surface area contributed by atoms with Crippen LogP contribution in [0.3, 0.4) is 0 Å². The van der Waals surface area contributed by atoms with Crippen LogP contribution in [0.15, 0.2) is 27.2 Å². The lowest BCUT2D eigenvalue weighted by Gasteiger charge is -2.27. The van der Waals surface area contributed by atoms with E-state index in [1.165, 1.54) is 11.2 Å². The number of hydroxylamine groups is 2. The van der Waals surface area contributed by atoms with Gasteiger partial charge in [0.25, 0.3) is 5.89 Å². The second-order valence-electron chi connectivity index (χ2n) is 5.43. The first-order valence-corrected chi connectivity index (χ1v) is 8.43. The number of fused-ring (bicyclic) bond motifs is 2. The normalized spacial score (nSPS) is 24.0. The SMILES string of the molecule is O=C1N2C[C@@H](CC[C@H]2c2nnc(-c3ccco3)o2)N1OS(=O)(=O)O. The van der Waals surface area contributed by atoms with Crippen LogP contribution >= 0.6 is 0 Å². The lowest BCUT2D eigenvalue weighted by atomic mass is 10.0. The number of carbonyl (C=O) groups excluding carboxylic acids is 1. The molecule has 24 heavy (non-hydrogen) atoms. The topological polar surface area (TPSA) is 139 Å². The van der Waals surface area contributed by atoms with E-state index in [4.69, 9.17) is 13.4 Å². The van der Waals surface area contributed by atoms with Gasteiger partial charge >= 0.3 is 16.4 Å².